The number of anilines is 3. The fourth-order valence-electron chi connectivity index (χ4n) is 10.2. The van der Waals surface area contributed by atoms with Crippen molar-refractivity contribution in [2.24, 2.45) is 0 Å². The quantitative estimate of drug-likeness (QED) is 0.159. The molecule has 2 nitrogen and oxygen atoms in total. The molecule has 2 heterocycles. The van der Waals surface area contributed by atoms with E-state index >= 15 is 0 Å². The third-order valence-electron chi connectivity index (χ3n) is 13.0. The van der Waals surface area contributed by atoms with E-state index in [-0.39, 0.29) is 35.4 Å². The van der Waals surface area contributed by atoms with Gasteiger partial charge in [-0.15, -0.1) is 11.3 Å². The molecule has 0 aliphatic heterocycles. The molecule has 0 atom stereocenters. The lowest BCUT2D eigenvalue weighted by molar-refractivity contribution is 0.669. The van der Waals surface area contributed by atoms with E-state index in [1.165, 1.54) is 25.7 Å². The Morgan fingerprint density at radius 1 is 0.391 bits per heavy atom. The SMILES string of the molecule is [2H]c1c([2H])c(N(c2ccc(-c3cccc4c3sc3ccccc34)cc2)c2ccc3c(c2)C(c2ccccc2)(c2ccccc2)c2ccccc2-3)c([2H])c([2H])c1-c1ccc2oc3ccccc3c2c1. The number of thiophene rings is 1. The molecule has 300 valence electrons. The van der Waals surface area contributed by atoms with Gasteiger partial charge in [-0.3, -0.25) is 0 Å². The van der Waals surface area contributed by atoms with Gasteiger partial charge in [0.1, 0.15) is 11.2 Å². The van der Waals surface area contributed by atoms with Gasteiger partial charge >= 0.3 is 0 Å². The summed E-state index contributed by atoms with van der Waals surface area (Å²) in [5, 5.41) is 4.24. The van der Waals surface area contributed by atoms with E-state index in [1.807, 2.05) is 59.5 Å². The first-order valence-corrected chi connectivity index (χ1v) is 22.4. The highest BCUT2D eigenvalue weighted by Gasteiger charge is 2.46. The lowest BCUT2D eigenvalue weighted by Crippen LogP contribution is -2.28. The molecule has 0 bridgehead atoms. The van der Waals surface area contributed by atoms with E-state index in [0.717, 1.165) is 55.3 Å². The number of hydrogen-bond donors (Lipinski definition) is 0. The lowest BCUT2D eigenvalue weighted by Gasteiger charge is -2.35. The summed E-state index contributed by atoms with van der Waals surface area (Å²) in [6.07, 6.45) is 0. The summed E-state index contributed by atoms with van der Waals surface area (Å²) in [5.74, 6) is 0. The zero-order valence-electron chi connectivity index (χ0n) is 38.5. The van der Waals surface area contributed by atoms with Crippen LogP contribution in [-0.4, -0.2) is 0 Å². The molecule has 0 saturated heterocycles. The van der Waals surface area contributed by atoms with Crippen LogP contribution >= 0.6 is 11.3 Å². The van der Waals surface area contributed by atoms with E-state index in [0.29, 0.717) is 22.5 Å². The maximum absolute atomic E-state index is 9.89. The van der Waals surface area contributed by atoms with Gasteiger partial charge in [-0.05, 0) is 116 Å². The number of hydrogen-bond acceptors (Lipinski definition) is 3. The van der Waals surface area contributed by atoms with Gasteiger partial charge in [0.15, 0.2) is 0 Å². The van der Waals surface area contributed by atoms with E-state index < -0.39 is 5.41 Å². The van der Waals surface area contributed by atoms with Gasteiger partial charge in [-0.1, -0.05) is 176 Å². The number of rotatable bonds is 7. The van der Waals surface area contributed by atoms with Crippen LogP contribution in [0.15, 0.2) is 241 Å². The summed E-state index contributed by atoms with van der Waals surface area (Å²) >= 11 is 1.79. The Labute approximate surface area is 381 Å². The van der Waals surface area contributed by atoms with Gasteiger partial charge in [-0.2, -0.15) is 0 Å². The fraction of sp³-hybridized carbons (Fsp3) is 0.0164. The average molecular weight is 838 g/mol. The molecule has 64 heavy (non-hydrogen) atoms. The van der Waals surface area contributed by atoms with Crippen LogP contribution in [0.3, 0.4) is 0 Å². The van der Waals surface area contributed by atoms with Gasteiger partial charge in [0.05, 0.1) is 10.9 Å². The van der Waals surface area contributed by atoms with Gasteiger partial charge in [0.25, 0.3) is 0 Å². The predicted octanol–water partition coefficient (Wildman–Crippen LogP) is 17.1. The van der Waals surface area contributed by atoms with E-state index in [9.17, 15) is 5.48 Å². The van der Waals surface area contributed by atoms with E-state index in [2.05, 4.69) is 158 Å². The highest BCUT2D eigenvalue weighted by atomic mass is 32.1. The maximum Gasteiger partial charge on any atom is 0.135 e. The minimum absolute atomic E-state index is 0.123. The largest absolute Gasteiger partial charge is 0.456 e. The topological polar surface area (TPSA) is 16.4 Å². The van der Waals surface area contributed by atoms with Gasteiger partial charge in [0, 0.05) is 48.0 Å². The maximum atomic E-state index is 9.89. The monoisotopic (exact) mass is 837 g/mol. The molecular weight excluding hydrogens is 795 g/mol. The zero-order valence-corrected chi connectivity index (χ0v) is 35.3. The predicted molar refractivity (Wildman–Crippen MR) is 269 cm³/mol. The molecule has 10 aromatic carbocycles. The standard InChI is InChI=1S/C61H39NOS/c1-3-14-43(15-4-1)61(44-16-5-2-6-17-44)55-23-10-7-18-49(55)50-36-35-47(39-56(50)61)62(45-31-26-40(27-32-45)42-30-37-58-54(38-42)51-19-8-11-24-57(51)63-58)46-33-28-41(29-34-46)48-21-13-22-53-52-20-9-12-25-59(52)64-60(48)53/h1-39H/i26D,27D,31D,32D. The van der Waals surface area contributed by atoms with Crippen molar-refractivity contribution < 1.29 is 9.90 Å². The highest BCUT2D eigenvalue weighted by Crippen LogP contribution is 2.57. The Bertz CT molecular complexity index is 3900. The summed E-state index contributed by atoms with van der Waals surface area (Å²) in [4.78, 5) is 1.92. The molecule has 0 amide bonds. The van der Waals surface area contributed by atoms with Crippen molar-refractivity contribution in [3.63, 3.8) is 0 Å². The minimum atomic E-state index is -0.697. The van der Waals surface area contributed by atoms with Crippen LogP contribution < -0.4 is 4.90 Å². The molecule has 0 N–H and O–H groups in total. The van der Waals surface area contributed by atoms with Crippen molar-refractivity contribution in [3.8, 4) is 33.4 Å². The molecule has 3 heteroatoms. The summed E-state index contributed by atoms with van der Waals surface area (Å²) in [6, 6.07) is 72.5. The lowest BCUT2D eigenvalue weighted by atomic mass is 9.67. The molecule has 0 saturated carbocycles. The Kier molecular flexibility index (Phi) is 7.44. The first kappa shape index (κ1) is 32.7. The van der Waals surface area contributed by atoms with Gasteiger partial charge in [0.2, 0.25) is 0 Å². The molecule has 12 aromatic rings. The van der Waals surface area contributed by atoms with Crippen LogP contribution in [0.4, 0.5) is 17.1 Å². The molecule has 0 radical (unpaired) electrons. The van der Waals surface area contributed by atoms with Gasteiger partial charge < -0.3 is 9.32 Å². The Morgan fingerprint density at radius 2 is 1.00 bits per heavy atom. The van der Waals surface area contributed by atoms with Crippen LogP contribution in [0.1, 0.15) is 27.7 Å². The van der Waals surface area contributed by atoms with Crippen molar-refractivity contribution in [3.05, 3.63) is 259 Å². The highest BCUT2D eigenvalue weighted by molar-refractivity contribution is 7.26. The summed E-state index contributed by atoms with van der Waals surface area (Å²) in [5.41, 5.74) is 12.1. The molecular formula is C61H39NOS. The number of para-hydroxylation sites is 1. The Hall–Kier alpha value is -7.98. The second-order valence-electron chi connectivity index (χ2n) is 16.5. The summed E-state index contributed by atoms with van der Waals surface area (Å²) in [7, 11) is 0. The second-order valence-corrected chi connectivity index (χ2v) is 17.5. The van der Waals surface area contributed by atoms with Gasteiger partial charge in [-0.25, -0.2) is 0 Å². The van der Waals surface area contributed by atoms with E-state index in [4.69, 9.17) is 4.42 Å². The Balaban J connectivity index is 1.04. The van der Waals surface area contributed by atoms with Crippen molar-refractivity contribution >= 4 is 70.5 Å². The molecule has 2 aromatic heterocycles. The number of fused-ring (bicyclic) bond motifs is 9. The number of nitrogens with zero attached hydrogens (tertiary/aromatic N) is 1. The van der Waals surface area contributed by atoms with Crippen molar-refractivity contribution in [1.82, 2.24) is 0 Å². The molecule has 0 spiro atoms. The van der Waals surface area contributed by atoms with E-state index in [1.54, 1.807) is 11.3 Å². The molecule has 1 aliphatic carbocycles. The summed E-state index contributed by atoms with van der Waals surface area (Å²) < 4.78 is 47.7. The minimum Gasteiger partial charge on any atom is -0.456 e. The average Bonchev–Trinajstić information content (AvgIpc) is 4.06. The van der Waals surface area contributed by atoms with Crippen molar-refractivity contribution in [2.75, 3.05) is 4.90 Å². The Morgan fingerprint density at radius 3 is 1.80 bits per heavy atom. The second kappa shape index (κ2) is 14.6. The van der Waals surface area contributed by atoms with Crippen LogP contribution in [0.5, 0.6) is 0 Å². The molecule has 0 unspecified atom stereocenters. The van der Waals surface area contributed by atoms with Crippen LogP contribution in [0.25, 0.3) is 75.5 Å². The number of benzene rings is 10. The van der Waals surface area contributed by atoms with Crippen LogP contribution in [-0.2, 0) is 5.41 Å². The normalized spacial score (nSPS) is 13.7. The fourth-order valence-corrected chi connectivity index (χ4v) is 11.4. The zero-order chi connectivity index (χ0) is 45.7. The first-order valence-electron chi connectivity index (χ1n) is 23.6. The molecule has 1 aliphatic rings. The first-order chi connectivity index (χ1) is 33.4. The number of furan rings is 1. The molecule has 0 fully saturated rings. The molecule has 13 rings (SSSR count). The third kappa shape index (κ3) is 5.58. The van der Waals surface area contributed by atoms with Crippen molar-refractivity contribution in [1.29, 1.82) is 0 Å². The van der Waals surface area contributed by atoms with Crippen molar-refractivity contribution in [2.45, 2.75) is 5.41 Å². The van der Waals surface area contributed by atoms with Crippen LogP contribution in [0.2, 0.25) is 0 Å². The third-order valence-corrected chi connectivity index (χ3v) is 14.3. The summed E-state index contributed by atoms with van der Waals surface area (Å²) in [6.45, 7) is 0. The van der Waals surface area contributed by atoms with Crippen LogP contribution in [0, 0.1) is 0 Å². The smallest absolute Gasteiger partial charge is 0.135 e.